The van der Waals surface area contributed by atoms with Gasteiger partial charge in [0.15, 0.2) is 9.84 Å². The second kappa shape index (κ2) is 6.46. The maximum Gasteiger partial charge on any atom is 0.346 e. The molecule has 1 fully saturated rings. The third-order valence-electron chi connectivity index (χ3n) is 4.14. The van der Waals surface area contributed by atoms with Gasteiger partial charge in [-0.1, -0.05) is 12.8 Å². The van der Waals surface area contributed by atoms with Crippen LogP contribution in [0.25, 0.3) is 0 Å². The molecule has 2 atom stereocenters. The number of rotatable bonds is 5. The predicted molar refractivity (Wildman–Crippen MR) is 83.6 cm³/mol. The Morgan fingerprint density at radius 3 is 2.71 bits per heavy atom. The van der Waals surface area contributed by atoms with Crippen molar-refractivity contribution in [3.05, 3.63) is 21.9 Å². The first-order valence-electron chi connectivity index (χ1n) is 6.99. The average molecular weight is 331 g/mol. The lowest BCUT2D eigenvalue weighted by molar-refractivity contribution is 0.0699. The normalized spacial score (nSPS) is 23.4. The Kier molecular flexibility index (Phi) is 5.06. The monoisotopic (exact) mass is 331 g/mol. The first-order chi connectivity index (χ1) is 9.80. The second-order valence-electron chi connectivity index (χ2n) is 5.72. The van der Waals surface area contributed by atoms with Crippen molar-refractivity contribution in [2.75, 3.05) is 13.3 Å². The van der Waals surface area contributed by atoms with E-state index in [-0.39, 0.29) is 11.3 Å². The summed E-state index contributed by atoms with van der Waals surface area (Å²) in [5.41, 5.74) is 0.757. The maximum atomic E-state index is 12.0. The molecule has 0 saturated heterocycles. The van der Waals surface area contributed by atoms with Crippen LogP contribution in [0.5, 0.6) is 0 Å². The minimum Gasteiger partial charge on any atom is -0.477 e. The molecule has 0 spiro atoms. The fraction of sp³-hybridized carbons (Fsp3) is 0.643. The molecule has 1 aliphatic rings. The van der Waals surface area contributed by atoms with E-state index in [9.17, 15) is 13.2 Å². The summed E-state index contributed by atoms with van der Waals surface area (Å²) < 4.78 is 23.9. The lowest BCUT2D eigenvalue weighted by Gasteiger charge is -2.37. The zero-order valence-corrected chi connectivity index (χ0v) is 13.9. The van der Waals surface area contributed by atoms with Crippen molar-refractivity contribution in [2.45, 2.75) is 43.5 Å². The van der Waals surface area contributed by atoms with E-state index in [4.69, 9.17) is 5.11 Å². The molecule has 1 aliphatic carbocycles. The van der Waals surface area contributed by atoms with E-state index in [0.717, 1.165) is 24.8 Å². The highest BCUT2D eigenvalue weighted by molar-refractivity contribution is 7.91. The smallest absolute Gasteiger partial charge is 0.346 e. The molecule has 0 bridgehead atoms. The van der Waals surface area contributed by atoms with Crippen molar-refractivity contribution < 1.29 is 18.3 Å². The van der Waals surface area contributed by atoms with Crippen molar-refractivity contribution >= 4 is 27.1 Å². The first kappa shape index (κ1) is 16.5. The minimum atomic E-state index is -3.08. The van der Waals surface area contributed by atoms with Crippen molar-refractivity contribution in [2.24, 2.45) is 0 Å². The Morgan fingerprint density at radius 1 is 1.43 bits per heavy atom. The van der Waals surface area contributed by atoms with Gasteiger partial charge in [0.25, 0.3) is 0 Å². The number of aromatic carboxylic acids is 1. The second-order valence-corrected chi connectivity index (χ2v) is 8.90. The van der Waals surface area contributed by atoms with E-state index in [1.807, 2.05) is 18.0 Å². The Labute approximate surface area is 129 Å². The van der Waals surface area contributed by atoms with Crippen molar-refractivity contribution in [3.8, 4) is 0 Å². The number of carboxylic acids is 1. The summed E-state index contributed by atoms with van der Waals surface area (Å²) in [4.78, 5) is 13.5. The van der Waals surface area contributed by atoms with Gasteiger partial charge < -0.3 is 5.11 Å². The summed E-state index contributed by atoms with van der Waals surface area (Å²) in [6.07, 6.45) is 4.82. The van der Waals surface area contributed by atoms with E-state index in [0.29, 0.717) is 17.8 Å². The fourth-order valence-corrected chi connectivity index (χ4v) is 5.38. The van der Waals surface area contributed by atoms with Gasteiger partial charge in [-0.3, -0.25) is 4.90 Å². The van der Waals surface area contributed by atoms with E-state index in [2.05, 4.69) is 0 Å². The summed E-state index contributed by atoms with van der Waals surface area (Å²) in [7, 11) is -1.19. The van der Waals surface area contributed by atoms with Gasteiger partial charge in [0.2, 0.25) is 0 Å². The van der Waals surface area contributed by atoms with Crippen LogP contribution in [0.4, 0.5) is 0 Å². The number of hydrogen-bond acceptors (Lipinski definition) is 5. The number of hydrogen-bond donors (Lipinski definition) is 1. The summed E-state index contributed by atoms with van der Waals surface area (Å²) in [6.45, 7) is 0.474. The van der Waals surface area contributed by atoms with Crippen molar-refractivity contribution in [1.29, 1.82) is 0 Å². The van der Waals surface area contributed by atoms with E-state index >= 15 is 0 Å². The summed E-state index contributed by atoms with van der Waals surface area (Å²) in [6, 6.07) is 1.78. The minimum absolute atomic E-state index is 0.0321. The van der Waals surface area contributed by atoms with Crippen LogP contribution in [0.3, 0.4) is 0 Å². The van der Waals surface area contributed by atoms with Gasteiger partial charge in [-0.25, -0.2) is 13.2 Å². The molecule has 0 aromatic carbocycles. The topological polar surface area (TPSA) is 74.7 Å². The molecule has 1 heterocycles. The molecule has 7 heteroatoms. The molecule has 5 nitrogen and oxygen atoms in total. The highest BCUT2D eigenvalue weighted by Crippen LogP contribution is 2.29. The molecule has 0 aliphatic heterocycles. The summed E-state index contributed by atoms with van der Waals surface area (Å²) in [5.74, 6) is -0.920. The van der Waals surface area contributed by atoms with Gasteiger partial charge in [-0.05, 0) is 36.9 Å². The molecule has 1 N–H and O–H groups in total. The molecular weight excluding hydrogens is 310 g/mol. The zero-order valence-electron chi connectivity index (χ0n) is 12.3. The SMILES string of the molecule is CN(Cc1ccsc1C(=O)O)C1CCCCC1S(C)(=O)=O. The van der Waals surface area contributed by atoms with Gasteiger partial charge in [-0.15, -0.1) is 11.3 Å². The van der Waals surface area contributed by atoms with Crippen LogP contribution in [-0.4, -0.2) is 49.0 Å². The molecular formula is C14H21NO4S2. The number of carboxylic acid groups (broad SMARTS) is 1. The zero-order chi connectivity index (χ0) is 15.6. The van der Waals surface area contributed by atoms with E-state index in [1.54, 1.807) is 5.38 Å². The molecule has 118 valence electrons. The number of thiophene rings is 1. The van der Waals surface area contributed by atoms with E-state index < -0.39 is 15.8 Å². The standard InChI is InChI=1S/C14H21NO4S2/c1-15(9-10-7-8-20-13(10)14(16)17)11-5-3-4-6-12(11)21(2,18)19/h7-8,11-12H,3-6,9H2,1-2H3,(H,16,17). The lowest BCUT2D eigenvalue weighted by atomic mass is 9.93. The third-order valence-corrected chi connectivity index (χ3v) is 6.74. The Hall–Kier alpha value is -0.920. The average Bonchev–Trinajstić information content (AvgIpc) is 2.86. The number of sulfone groups is 1. The molecule has 2 unspecified atom stereocenters. The van der Waals surface area contributed by atoms with Crippen LogP contribution in [-0.2, 0) is 16.4 Å². The highest BCUT2D eigenvalue weighted by Gasteiger charge is 2.35. The number of nitrogens with zero attached hydrogens (tertiary/aromatic N) is 1. The Balaban J connectivity index is 2.16. The largest absolute Gasteiger partial charge is 0.477 e. The lowest BCUT2D eigenvalue weighted by Crippen LogP contribution is -2.46. The van der Waals surface area contributed by atoms with Crippen LogP contribution in [0.1, 0.15) is 40.9 Å². The Morgan fingerprint density at radius 2 is 2.10 bits per heavy atom. The predicted octanol–water partition coefficient (Wildman–Crippen LogP) is 2.23. The molecule has 0 radical (unpaired) electrons. The molecule has 1 aromatic heterocycles. The number of carbonyl (C=O) groups is 1. The molecule has 1 aromatic rings. The van der Waals surface area contributed by atoms with Gasteiger partial charge in [0.05, 0.1) is 5.25 Å². The van der Waals surface area contributed by atoms with E-state index in [1.165, 1.54) is 17.6 Å². The van der Waals surface area contributed by atoms with Crippen LogP contribution in [0.2, 0.25) is 0 Å². The van der Waals surface area contributed by atoms with Gasteiger partial charge >= 0.3 is 5.97 Å². The van der Waals surface area contributed by atoms with Gasteiger partial charge in [-0.2, -0.15) is 0 Å². The summed E-state index contributed by atoms with van der Waals surface area (Å²) >= 11 is 1.21. The van der Waals surface area contributed by atoms with Crippen molar-refractivity contribution in [3.63, 3.8) is 0 Å². The fourth-order valence-electron chi connectivity index (χ4n) is 3.11. The molecule has 2 rings (SSSR count). The van der Waals surface area contributed by atoms with Crippen LogP contribution >= 0.6 is 11.3 Å². The van der Waals surface area contributed by atoms with Crippen molar-refractivity contribution in [1.82, 2.24) is 4.90 Å². The Bertz CT molecular complexity index is 608. The maximum absolute atomic E-state index is 12.0. The van der Waals surface area contributed by atoms with Crippen LogP contribution in [0.15, 0.2) is 11.4 Å². The van der Waals surface area contributed by atoms with Gasteiger partial charge in [0, 0.05) is 18.8 Å². The molecule has 1 saturated carbocycles. The highest BCUT2D eigenvalue weighted by atomic mass is 32.2. The molecule has 0 amide bonds. The quantitative estimate of drug-likeness (QED) is 0.895. The van der Waals surface area contributed by atoms with Gasteiger partial charge in [0.1, 0.15) is 4.88 Å². The van der Waals surface area contributed by atoms with Crippen LogP contribution < -0.4 is 0 Å². The first-order valence-corrected chi connectivity index (χ1v) is 9.83. The third kappa shape index (κ3) is 3.84. The summed E-state index contributed by atoms with van der Waals surface area (Å²) in [5, 5.41) is 10.6. The molecule has 21 heavy (non-hydrogen) atoms. The van der Waals surface area contributed by atoms with Crippen LogP contribution in [0, 0.1) is 0 Å².